The molecule has 0 heterocycles. The summed E-state index contributed by atoms with van der Waals surface area (Å²) in [4.78, 5) is -1.15. The van der Waals surface area contributed by atoms with Gasteiger partial charge in [0.05, 0.1) is 22.6 Å². The first-order chi connectivity index (χ1) is 13.0. The Morgan fingerprint density at radius 3 is 2.50 bits per heavy atom. The number of rotatable bonds is 3. The minimum Gasteiger partial charge on any atom is -0.457 e. The number of alkyl halides is 4. The summed E-state index contributed by atoms with van der Waals surface area (Å²) in [5.74, 6) is -1.15. The highest BCUT2D eigenvalue weighted by molar-refractivity contribution is 7.92. The Hall–Kier alpha value is -2.71. The van der Waals surface area contributed by atoms with Gasteiger partial charge in [0.25, 0.3) is 9.84 Å². The van der Waals surface area contributed by atoms with Crippen molar-refractivity contribution in [1.82, 2.24) is 0 Å². The smallest absolute Gasteiger partial charge is 0.457 e. The highest BCUT2D eigenvalue weighted by atomic mass is 32.2. The molecule has 28 heavy (non-hydrogen) atoms. The van der Waals surface area contributed by atoms with Gasteiger partial charge in [-0.25, -0.2) is 17.2 Å². The van der Waals surface area contributed by atoms with Crippen molar-refractivity contribution in [3.63, 3.8) is 0 Å². The second kappa shape index (κ2) is 6.72. The third-order valence-corrected chi connectivity index (χ3v) is 5.76. The third-order valence-electron chi connectivity index (χ3n) is 4.22. The maximum Gasteiger partial charge on any atom is 0.501 e. The zero-order valence-electron chi connectivity index (χ0n) is 13.8. The second-order valence-corrected chi connectivity index (χ2v) is 7.95. The summed E-state index contributed by atoms with van der Waals surface area (Å²) in [6.45, 7) is 0. The summed E-state index contributed by atoms with van der Waals surface area (Å²) >= 11 is 0. The van der Waals surface area contributed by atoms with Crippen molar-refractivity contribution >= 4 is 9.84 Å². The Kier molecular flexibility index (Phi) is 4.81. The average molecular weight is 418 g/mol. The summed E-state index contributed by atoms with van der Waals surface area (Å²) in [6.07, 6.45) is -2.31. The molecule has 5 nitrogen and oxygen atoms in total. The van der Waals surface area contributed by atoms with E-state index >= 15 is 0 Å². The Labute approximate surface area is 156 Å². The van der Waals surface area contributed by atoms with Gasteiger partial charge in [0, 0.05) is 18.1 Å². The molecule has 2 atom stereocenters. The summed E-state index contributed by atoms with van der Waals surface area (Å²) in [6, 6.07) is 4.65. The van der Waals surface area contributed by atoms with Gasteiger partial charge in [-0.05, 0) is 29.8 Å². The minimum absolute atomic E-state index is 0.0806. The molecule has 0 aliphatic heterocycles. The molecule has 0 amide bonds. The quantitative estimate of drug-likeness (QED) is 0.768. The number of nitriles is 1. The normalized spacial score (nSPS) is 19.2. The van der Waals surface area contributed by atoms with Gasteiger partial charge in [-0.1, -0.05) is 0 Å². The van der Waals surface area contributed by atoms with E-state index in [9.17, 15) is 30.4 Å². The van der Waals surface area contributed by atoms with Crippen LogP contribution >= 0.6 is 0 Å². The SMILES string of the molecule is N#Cc1cc(F)cc(Oc2ccc(S(=O)(=O)C(F)(F)F)c3c2C[C@@H](F)[C@@H]3N)c1. The Balaban J connectivity index is 2.15. The number of fused-ring (bicyclic) bond motifs is 1. The van der Waals surface area contributed by atoms with Crippen LogP contribution in [-0.4, -0.2) is 20.1 Å². The van der Waals surface area contributed by atoms with Crippen LogP contribution in [0, 0.1) is 17.1 Å². The fourth-order valence-corrected chi connectivity index (χ4v) is 4.02. The molecule has 0 saturated carbocycles. The van der Waals surface area contributed by atoms with Gasteiger partial charge in [-0.15, -0.1) is 0 Å². The van der Waals surface area contributed by atoms with Crippen molar-refractivity contribution in [2.24, 2.45) is 5.73 Å². The maximum atomic E-state index is 14.1. The molecule has 0 fully saturated rings. The van der Waals surface area contributed by atoms with E-state index in [-0.39, 0.29) is 22.6 Å². The number of benzene rings is 2. The molecule has 1 aliphatic carbocycles. The summed E-state index contributed by atoms with van der Waals surface area (Å²) in [5.41, 5.74) is -0.767. The van der Waals surface area contributed by atoms with Gasteiger partial charge in [0.15, 0.2) is 0 Å². The molecule has 11 heteroatoms. The number of nitrogens with two attached hydrogens (primary N) is 1. The lowest BCUT2D eigenvalue weighted by atomic mass is 10.1. The van der Waals surface area contributed by atoms with E-state index in [1.807, 2.05) is 0 Å². The molecule has 1 aliphatic rings. The van der Waals surface area contributed by atoms with Crippen molar-refractivity contribution in [3.05, 3.63) is 52.8 Å². The van der Waals surface area contributed by atoms with Gasteiger partial charge in [0.2, 0.25) is 0 Å². The fourth-order valence-electron chi connectivity index (χ4n) is 2.97. The first-order valence-electron chi connectivity index (χ1n) is 7.71. The van der Waals surface area contributed by atoms with E-state index < -0.39 is 50.3 Å². The topological polar surface area (TPSA) is 93.2 Å². The predicted octanol–water partition coefficient (Wildman–Crippen LogP) is 3.68. The molecule has 0 unspecified atom stereocenters. The average Bonchev–Trinajstić information content (AvgIpc) is 2.89. The maximum absolute atomic E-state index is 14.1. The molecule has 0 saturated heterocycles. The first-order valence-corrected chi connectivity index (χ1v) is 9.19. The van der Waals surface area contributed by atoms with Crippen molar-refractivity contribution in [2.45, 2.75) is 29.0 Å². The Morgan fingerprint density at radius 2 is 1.89 bits per heavy atom. The number of ether oxygens (including phenoxy) is 1. The van der Waals surface area contributed by atoms with Gasteiger partial charge in [-0.3, -0.25) is 0 Å². The molecule has 0 radical (unpaired) electrons. The number of sulfone groups is 1. The van der Waals surface area contributed by atoms with Crippen LogP contribution in [0.5, 0.6) is 11.5 Å². The molecule has 0 spiro atoms. The van der Waals surface area contributed by atoms with E-state index in [1.165, 1.54) is 0 Å². The lowest BCUT2D eigenvalue weighted by Crippen LogP contribution is -2.26. The molecular weight excluding hydrogens is 407 g/mol. The van der Waals surface area contributed by atoms with Crippen LogP contribution in [0.4, 0.5) is 22.0 Å². The van der Waals surface area contributed by atoms with Crippen LogP contribution in [0.1, 0.15) is 22.7 Å². The first kappa shape index (κ1) is 20.0. The Bertz CT molecular complexity index is 1090. The standard InChI is InChI=1S/C17H11F5N2O3S/c18-9-3-8(7-23)4-10(5-9)27-13-1-2-14(28(25,26)17(20,21)22)15-11(13)6-12(19)16(15)24/h1-5,12,16H,6,24H2/t12-,16+/m1/s1. The summed E-state index contributed by atoms with van der Waals surface area (Å²) < 4.78 is 95.6. The van der Waals surface area contributed by atoms with Crippen LogP contribution in [0.2, 0.25) is 0 Å². The van der Waals surface area contributed by atoms with Crippen molar-refractivity contribution in [3.8, 4) is 17.6 Å². The van der Waals surface area contributed by atoms with Crippen LogP contribution < -0.4 is 10.5 Å². The molecule has 0 bridgehead atoms. The van der Waals surface area contributed by atoms with E-state index in [4.69, 9.17) is 15.7 Å². The molecule has 2 aromatic carbocycles. The van der Waals surface area contributed by atoms with E-state index in [0.29, 0.717) is 6.07 Å². The van der Waals surface area contributed by atoms with Crippen LogP contribution in [0.25, 0.3) is 0 Å². The van der Waals surface area contributed by atoms with Gasteiger partial charge < -0.3 is 10.5 Å². The van der Waals surface area contributed by atoms with Crippen LogP contribution in [0.15, 0.2) is 35.2 Å². The number of nitrogens with zero attached hydrogens (tertiary/aromatic N) is 1. The molecule has 0 aromatic heterocycles. The predicted molar refractivity (Wildman–Crippen MR) is 86.4 cm³/mol. The zero-order chi connectivity index (χ0) is 20.9. The lowest BCUT2D eigenvalue weighted by Gasteiger charge is -2.17. The molecule has 2 aromatic rings. The second-order valence-electron chi connectivity index (χ2n) is 6.04. The van der Waals surface area contributed by atoms with Crippen molar-refractivity contribution < 1.29 is 35.1 Å². The van der Waals surface area contributed by atoms with E-state index in [2.05, 4.69) is 0 Å². The lowest BCUT2D eigenvalue weighted by molar-refractivity contribution is -0.0436. The third kappa shape index (κ3) is 3.29. The minimum atomic E-state index is -5.77. The summed E-state index contributed by atoms with van der Waals surface area (Å²) in [7, 11) is -5.77. The fraction of sp³-hybridized carbons (Fsp3) is 0.235. The number of hydrogen-bond acceptors (Lipinski definition) is 5. The molecular formula is C17H11F5N2O3S. The molecule has 2 N–H and O–H groups in total. The summed E-state index contributed by atoms with van der Waals surface area (Å²) in [5, 5.41) is 8.87. The van der Waals surface area contributed by atoms with Gasteiger partial charge in [0.1, 0.15) is 23.5 Å². The van der Waals surface area contributed by atoms with Crippen molar-refractivity contribution in [2.75, 3.05) is 0 Å². The molecule has 148 valence electrons. The number of halogens is 5. The highest BCUT2D eigenvalue weighted by Crippen LogP contribution is 2.45. The number of hydrogen-bond donors (Lipinski definition) is 1. The van der Waals surface area contributed by atoms with Gasteiger partial charge in [-0.2, -0.15) is 18.4 Å². The van der Waals surface area contributed by atoms with E-state index in [1.54, 1.807) is 6.07 Å². The van der Waals surface area contributed by atoms with Crippen LogP contribution in [-0.2, 0) is 16.3 Å². The zero-order valence-corrected chi connectivity index (χ0v) is 14.6. The largest absolute Gasteiger partial charge is 0.501 e. The van der Waals surface area contributed by atoms with Gasteiger partial charge >= 0.3 is 5.51 Å². The van der Waals surface area contributed by atoms with E-state index in [0.717, 1.165) is 24.3 Å². The molecule has 3 rings (SSSR count). The monoisotopic (exact) mass is 418 g/mol. The highest BCUT2D eigenvalue weighted by Gasteiger charge is 2.50. The van der Waals surface area contributed by atoms with Crippen LogP contribution in [0.3, 0.4) is 0 Å². The van der Waals surface area contributed by atoms with Crippen molar-refractivity contribution in [1.29, 1.82) is 5.26 Å². The Morgan fingerprint density at radius 1 is 1.21 bits per heavy atom.